The molecule has 0 amide bonds. The second-order valence-electron chi connectivity index (χ2n) is 5.25. The van der Waals surface area contributed by atoms with Crippen LogP contribution in [0, 0.1) is 0 Å². The molecule has 0 radical (unpaired) electrons. The zero-order valence-electron chi connectivity index (χ0n) is 10.6. The van der Waals surface area contributed by atoms with Gasteiger partial charge in [-0.05, 0) is 53.8 Å². The maximum Gasteiger partial charge on any atom is 0.0942 e. The molecule has 0 saturated carbocycles. The number of hydrogen-bond donors (Lipinski definition) is 2. The van der Waals surface area contributed by atoms with E-state index < -0.39 is 5.60 Å². The number of fused-ring (bicyclic) bond motifs is 1. The Labute approximate surface area is 117 Å². The van der Waals surface area contributed by atoms with Crippen molar-refractivity contribution in [1.29, 1.82) is 0 Å². The van der Waals surface area contributed by atoms with Gasteiger partial charge in [0.15, 0.2) is 0 Å². The van der Waals surface area contributed by atoms with E-state index in [1.54, 1.807) is 0 Å². The van der Waals surface area contributed by atoms with Gasteiger partial charge in [-0.15, -0.1) is 0 Å². The summed E-state index contributed by atoms with van der Waals surface area (Å²) in [6.45, 7) is 0. The van der Waals surface area contributed by atoms with Crippen LogP contribution in [0.4, 0.5) is 5.69 Å². The van der Waals surface area contributed by atoms with Crippen molar-refractivity contribution in [2.75, 3.05) is 5.73 Å². The van der Waals surface area contributed by atoms with Crippen LogP contribution in [0.25, 0.3) is 0 Å². The van der Waals surface area contributed by atoms with E-state index in [2.05, 4.69) is 0 Å². The molecule has 0 saturated heterocycles. The van der Waals surface area contributed by atoms with E-state index in [-0.39, 0.29) is 0 Å². The highest BCUT2D eigenvalue weighted by Crippen LogP contribution is 2.40. The molecular formula is C16H16ClNO. The highest BCUT2D eigenvalue weighted by molar-refractivity contribution is 6.30. The molecule has 98 valence electrons. The summed E-state index contributed by atoms with van der Waals surface area (Å²) in [6, 6.07) is 13.4. The number of aliphatic hydroxyl groups is 1. The summed E-state index contributed by atoms with van der Waals surface area (Å²) in [5, 5.41) is 11.6. The summed E-state index contributed by atoms with van der Waals surface area (Å²) >= 11 is 5.89. The lowest BCUT2D eigenvalue weighted by Gasteiger charge is -2.24. The van der Waals surface area contributed by atoms with Gasteiger partial charge in [0.05, 0.1) is 5.60 Å². The summed E-state index contributed by atoms with van der Waals surface area (Å²) in [7, 11) is 0. The molecule has 0 fully saturated rings. The Morgan fingerprint density at radius 1 is 1.16 bits per heavy atom. The number of rotatable bonds is 2. The van der Waals surface area contributed by atoms with Crippen molar-refractivity contribution in [3.8, 4) is 0 Å². The van der Waals surface area contributed by atoms with Crippen molar-refractivity contribution in [3.05, 3.63) is 64.2 Å². The average molecular weight is 274 g/mol. The van der Waals surface area contributed by atoms with Crippen LogP contribution < -0.4 is 5.73 Å². The molecule has 1 unspecified atom stereocenters. The fourth-order valence-corrected chi connectivity index (χ4v) is 3.00. The molecule has 2 aromatic carbocycles. The highest BCUT2D eigenvalue weighted by atomic mass is 35.5. The topological polar surface area (TPSA) is 46.2 Å². The third-order valence-corrected chi connectivity index (χ3v) is 4.10. The van der Waals surface area contributed by atoms with Gasteiger partial charge in [0.2, 0.25) is 0 Å². The van der Waals surface area contributed by atoms with E-state index in [0.717, 1.165) is 40.2 Å². The van der Waals surface area contributed by atoms with Crippen molar-refractivity contribution in [1.82, 2.24) is 0 Å². The summed E-state index contributed by atoms with van der Waals surface area (Å²) in [5.41, 5.74) is 9.04. The maximum atomic E-state index is 10.9. The number of halogens is 1. The monoisotopic (exact) mass is 273 g/mol. The van der Waals surface area contributed by atoms with Gasteiger partial charge in [0, 0.05) is 17.1 Å². The van der Waals surface area contributed by atoms with Gasteiger partial charge in [-0.2, -0.15) is 0 Å². The summed E-state index contributed by atoms with van der Waals surface area (Å²) in [6.07, 6.45) is 2.24. The van der Waals surface area contributed by atoms with Crippen molar-refractivity contribution >= 4 is 17.3 Å². The minimum absolute atomic E-state index is 0.612. The third kappa shape index (κ3) is 2.34. The number of hydrogen-bond acceptors (Lipinski definition) is 2. The molecular weight excluding hydrogens is 258 g/mol. The highest BCUT2D eigenvalue weighted by Gasteiger charge is 2.36. The summed E-state index contributed by atoms with van der Waals surface area (Å²) < 4.78 is 0. The molecule has 0 spiro atoms. The van der Waals surface area contributed by atoms with Crippen molar-refractivity contribution in [2.24, 2.45) is 0 Å². The predicted octanol–water partition coefficient (Wildman–Crippen LogP) is 3.30. The summed E-state index contributed by atoms with van der Waals surface area (Å²) in [5.74, 6) is 0. The first-order valence-corrected chi connectivity index (χ1v) is 6.80. The van der Waals surface area contributed by atoms with E-state index in [9.17, 15) is 5.11 Å². The van der Waals surface area contributed by atoms with Gasteiger partial charge in [-0.25, -0.2) is 0 Å². The number of aryl methyl sites for hydroxylation is 1. The van der Waals surface area contributed by atoms with Gasteiger partial charge in [0.1, 0.15) is 0 Å². The Kier molecular flexibility index (Phi) is 3.00. The van der Waals surface area contributed by atoms with Crippen LogP contribution in [-0.2, 0) is 18.4 Å². The minimum atomic E-state index is -0.781. The molecule has 2 aromatic rings. The number of nitrogens with two attached hydrogens (primary N) is 1. The van der Waals surface area contributed by atoms with Crippen LogP contribution >= 0.6 is 11.6 Å². The molecule has 0 heterocycles. The van der Waals surface area contributed by atoms with E-state index in [1.807, 2.05) is 42.5 Å². The Morgan fingerprint density at radius 3 is 2.63 bits per heavy atom. The van der Waals surface area contributed by atoms with E-state index in [0.29, 0.717) is 6.42 Å². The first-order chi connectivity index (χ1) is 9.07. The molecule has 2 nitrogen and oxygen atoms in total. The lowest BCUT2D eigenvalue weighted by Crippen LogP contribution is -2.25. The van der Waals surface area contributed by atoms with Crippen molar-refractivity contribution < 1.29 is 5.11 Å². The van der Waals surface area contributed by atoms with Gasteiger partial charge >= 0.3 is 0 Å². The van der Waals surface area contributed by atoms with Crippen LogP contribution in [0.1, 0.15) is 23.1 Å². The first-order valence-electron chi connectivity index (χ1n) is 6.42. The van der Waals surface area contributed by atoms with Gasteiger partial charge in [-0.1, -0.05) is 29.8 Å². The standard InChI is InChI=1S/C16H16ClNO/c17-13-3-1-11(2-4-13)10-16(19)8-7-12-9-14(18)5-6-15(12)16/h1-6,9,19H,7-8,10,18H2. The van der Waals surface area contributed by atoms with Crippen LogP contribution in [-0.4, -0.2) is 5.11 Å². The zero-order valence-corrected chi connectivity index (χ0v) is 11.3. The first kappa shape index (κ1) is 12.5. The van der Waals surface area contributed by atoms with Gasteiger partial charge in [0.25, 0.3) is 0 Å². The van der Waals surface area contributed by atoms with Crippen molar-refractivity contribution in [2.45, 2.75) is 24.9 Å². The van der Waals surface area contributed by atoms with Gasteiger partial charge in [-0.3, -0.25) is 0 Å². The Hall–Kier alpha value is -1.51. The molecule has 3 heteroatoms. The molecule has 3 rings (SSSR count). The van der Waals surface area contributed by atoms with Crippen LogP contribution in [0.3, 0.4) is 0 Å². The molecule has 1 aliphatic carbocycles. The van der Waals surface area contributed by atoms with Crippen LogP contribution in [0.15, 0.2) is 42.5 Å². The Balaban J connectivity index is 1.92. The Bertz CT molecular complexity index is 609. The molecule has 0 aromatic heterocycles. The van der Waals surface area contributed by atoms with E-state index >= 15 is 0 Å². The second kappa shape index (κ2) is 4.55. The molecule has 3 N–H and O–H groups in total. The third-order valence-electron chi connectivity index (χ3n) is 3.85. The van der Waals surface area contributed by atoms with Crippen LogP contribution in [0.2, 0.25) is 5.02 Å². The fraction of sp³-hybridized carbons (Fsp3) is 0.250. The lowest BCUT2D eigenvalue weighted by atomic mass is 9.89. The molecule has 0 bridgehead atoms. The maximum absolute atomic E-state index is 10.9. The number of nitrogen functional groups attached to an aromatic ring is 1. The smallest absolute Gasteiger partial charge is 0.0942 e. The van der Waals surface area contributed by atoms with Crippen LogP contribution in [0.5, 0.6) is 0 Å². The normalized spacial score (nSPS) is 21.4. The molecule has 0 aliphatic heterocycles. The second-order valence-corrected chi connectivity index (χ2v) is 5.69. The minimum Gasteiger partial charge on any atom is -0.399 e. The SMILES string of the molecule is Nc1ccc2c(c1)CCC2(O)Cc1ccc(Cl)cc1. The largest absolute Gasteiger partial charge is 0.399 e. The average Bonchev–Trinajstić information content (AvgIpc) is 2.69. The molecule has 19 heavy (non-hydrogen) atoms. The van der Waals surface area contributed by atoms with E-state index in [1.165, 1.54) is 0 Å². The van der Waals surface area contributed by atoms with Crippen molar-refractivity contribution in [3.63, 3.8) is 0 Å². The fourth-order valence-electron chi connectivity index (χ4n) is 2.87. The lowest BCUT2D eigenvalue weighted by molar-refractivity contribution is 0.0390. The summed E-state index contributed by atoms with van der Waals surface area (Å²) in [4.78, 5) is 0. The zero-order chi connectivity index (χ0) is 13.5. The van der Waals surface area contributed by atoms with E-state index in [4.69, 9.17) is 17.3 Å². The Morgan fingerprint density at radius 2 is 1.89 bits per heavy atom. The number of anilines is 1. The molecule has 1 atom stereocenters. The predicted molar refractivity (Wildman–Crippen MR) is 78.2 cm³/mol. The number of benzene rings is 2. The quantitative estimate of drug-likeness (QED) is 0.825. The molecule has 1 aliphatic rings. The van der Waals surface area contributed by atoms with Gasteiger partial charge < -0.3 is 10.8 Å².